The monoisotopic (exact) mass is 367 g/mol. The fourth-order valence-corrected chi connectivity index (χ4v) is 4.65. The third-order valence-corrected chi connectivity index (χ3v) is 5.79. The van der Waals surface area contributed by atoms with Crippen LogP contribution in [-0.4, -0.2) is 21.9 Å². The SMILES string of the molecule is IC[C@@H]1CCN(Cc2ccccc2)[C@@H]2CCC=C[C@H]12. The summed E-state index contributed by atoms with van der Waals surface area (Å²) in [5, 5.41) is 0. The maximum atomic E-state index is 2.73. The second kappa shape index (κ2) is 6.40. The lowest BCUT2D eigenvalue weighted by molar-refractivity contribution is 0.0643. The molecule has 3 rings (SSSR count). The highest BCUT2D eigenvalue weighted by Crippen LogP contribution is 2.37. The topological polar surface area (TPSA) is 3.24 Å². The molecule has 3 atom stereocenters. The van der Waals surface area contributed by atoms with Crippen molar-refractivity contribution in [1.29, 1.82) is 0 Å². The van der Waals surface area contributed by atoms with Crippen LogP contribution in [0.5, 0.6) is 0 Å². The van der Waals surface area contributed by atoms with Gasteiger partial charge in [0.05, 0.1) is 0 Å². The summed E-state index contributed by atoms with van der Waals surface area (Å²) in [7, 11) is 0. The molecule has 2 aliphatic rings. The Morgan fingerprint density at radius 1 is 1.16 bits per heavy atom. The highest BCUT2D eigenvalue weighted by molar-refractivity contribution is 14.1. The molecule has 1 aliphatic heterocycles. The highest BCUT2D eigenvalue weighted by Gasteiger charge is 2.36. The number of alkyl halides is 1. The van der Waals surface area contributed by atoms with Gasteiger partial charge in [0.15, 0.2) is 0 Å². The fraction of sp³-hybridized carbons (Fsp3) is 0.529. The van der Waals surface area contributed by atoms with Crippen LogP contribution in [0.25, 0.3) is 0 Å². The number of halogens is 1. The van der Waals surface area contributed by atoms with Crippen molar-refractivity contribution >= 4 is 22.6 Å². The Labute approximate surface area is 130 Å². The summed E-state index contributed by atoms with van der Waals surface area (Å²) < 4.78 is 1.31. The third-order valence-electron chi connectivity index (χ3n) is 4.66. The number of hydrogen-bond acceptors (Lipinski definition) is 1. The van der Waals surface area contributed by atoms with Crippen molar-refractivity contribution in [2.45, 2.75) is 31.8 Å². The van der Waals surface area contributed by atoms with E-state index in [1.165, 1.54) is 35.8 Å². The van der Waals surface area contributed by atoms with Crippen LogP contribution in [0.15, 0.2) is 42.5 Å². The summed E-state index contributed by atoms with van der Waals surface area (Å²) in [5.74, 6) is 1.69. The van der Waals surface area contributed by atoms with Gasteiger partial charge in [0, 0.05) is 17.0 Å². The lowest BCUT2D eigenvalue weighted by Gasteiger charge is -2.46. The molecular weight excluding hydrogens is 345 g/mol. The Morgan fingerprint density at radius 3 is 2.79 bits per heavy atom. The van der Waals surface area contributed by atoms with Gasteiger partial charge in [-0.1, -0.05) is 65.1 Å². The quantitative estimate of drug-likeness (QED) is 0.438. The highest BCUT2D eigenvalue weighted by atomic mass is 127. The number of nitrogens with zero attached hydrogens (tertiary/aromatic N) is 1. The maximum Gasteiger partial charge on any atom is 0.0236 e. The van der Waals surface area contributed by atoms with E-state index >= 15 is 0 Å². The molecule has 19 heavy (non-hydrogen) atoms. The van der Waals surface area contributed by atoms with Crippen molar-refractivity contribution < 1.29 is 0 Å². The molecule has 1 aromatic carbocycles. The lowest BCUT2D eigenvalue weighted by atomic mass is 9.76. The van der Waals surface area contributed by atoms with Gasteiger partial charge in [-0.25, -0.2) is 0 Å². The summed E-state index contributed by atoms with van der Waals surface area (Å²) in [4.78, 5) is 2.73. The van der Waals surface area contributed by atoms with Gasteiger partial charge in [0.2, 0.25) is 0 Å². The van der Waals surface area contributed by atoms with E-state index in [1.54, 1.807) is 0 Å². The Morgan fingerprint density at radius 2 is 2.00 bits per heavy atom. The lowest BCUT2D eigenvalue weighted by Crippen LogP contribution is -2.49. The van der Waals surface area contributed by atoms with Crippen molar-refractivity contribution in [2.75, 3.05) is 11.0 Å². The second-order valence-electron chi connectivity index (χ2n) is 5.81. The third kappa shape index (κ3) is 3.05. The number of piperidine rings is 1. The Balaban J connectivity index is 1.74. The first-order chi connectivity index (χ1) is 9.38. The van der Waals surface area contributed by atoms with Crippen LogP contribution >= 0.6 is 22.6 Å². The van der Waals surface area contributed by atoms with E-state index < -0.39 is 0 Å². The van der Waals surface area contributed by atoms with E-state index in [-0.39, 0.29) is 0 Å². The predicted molar refractivity (Wildman–Crippen MR) is 89.5 cm³/mol. The Bertz CT molecular complexity index is 428. The van der Waals surface area contributed by atoms with Gasteiger partial charge >= 0.3 is 0 Å². The standard InChI is InChI=1S/C17H22IN/c18-12-15-10-11-19(13-14-6-2-1-3-7-14)17-9-5-4-8-16(15)17/h1-4,6-8,15-17H,5,9-13H2/t15-,16+,17+/m0/s1. The molecule has 1 saturated heterocycles. The smallest absolute Gasteiger partial charge is 0.0236 e. The minimum atomic E-state index is 0.777. The molecule has 0 aromatic heterocycles. The molecule has 1 nitrogen and oxygen atoms in total. The maximum absolute atomic E-state index is 2.73. The van der Waals surface area contributed by atoms with Crippen molar-refractivity contribution in [3.05, 3.63) is 48.0 Å². The minimum absolute atomic E-state index is 0.777. The van der Waals surface area contributed by atoms with Crippen molar-refractivity contribution in [1.82, 2.24) is 4.90 Å². The van der Waals surface area contributed by atoms with Gasteiger partial charge in [-0.3, -0.25) is 4.90 Å². The van der Waals surface area contributed by atoms with Crippen molar-refractivity contribution in [3.8, 4) is 0 Å². The Hall–Kier alpha value is -0.350. The van der Waals surface area contributed by atoms with Gasteiger partial charge < -0.3 is 0 Å². The second-order valence-corrected chi connectivity index (χ2v) is 6.69. The van der Waals surface area contributed by atoms with Crippen LogP contribution in [0.2, 0.25) is 0 Å². The van der Waals surface area contributed by atoms with Gasteiger partial charge in [-0.15, -0.1) is 0 Å². The van der Waals surface area contributed by atoms with E-state index in [2.05, 4.69) is 70.0 Å². The molecule has 2 heteroatoms. The van der Waals surface area contributed by atoms with Gasteiger partial charge in [0.25, 0.3) is 0 Å². The summed E-state index contributed by atoms with van der Waals surface area (Å²) in [6.07, 6.45) is 8.89. The first kappa shape index (κ1) is 13.6. The molecule has 0 spiro atoms. The van der Waals surface area contributed by atoms with Crippen molar-refractivity contribution in [3.63, 3.8) is 0 Å². The normalized spacial score (nSPS) is 31.1. The number of likely N-dealkylation sites (tertiary alicyclic amines) is 1. The zero-order chi connectivity index (χ0) is 13.1. The largest absolute Gasteiger partial charge is 0.296 e. The number of benzene rings is 1. The first-order valence-corrected chi connectivity index (χ1v) is 8.91. The van der Waals surface area contributed by atoms with E-state index in [0.717, 1.165) is 24.4 Å². The van der Waals surface area contributed by atoms with Gasteiger partial charge in [0.1, 0.15) is 0 Å². The molecule has 1 heterocycles. The van der Waals surface area contributed by atoms with Crippen LogP contribution in [0.3, 0.4) is 0 Å². The average molecular weight is 367 g/mol. The fourth-order valence-electron chi connectivity index (χ4n) is 3.62. The summed E-state index contributed by atoms with van der Waals surface area (Å²) in [6.45, 7) is 2.40. The molecule has 0 radical (unpaired) electrons. The van der Waals surface area contributed by atoms with Gasteiger partial charge in [-0.05, 0) is 43.2 Å². The van der Waals surface area contributed by atoms with Crippen LogP contribution in [0.4, 0.5) is 0 Å². The number of allylic oxidation sites excluding steroid dienone is 1. The van der Waals surface area contributed by atoms with E-state index in [9.17, 15) is 0 Å². The van der Waals surface area contributed by atoms with Crippen LogP contribution in [-0.2, 0) is 6.54 Å². The van der Waals surface area contributed by atoms with E-state index in [0.29, 0.717) is 0 Å². The molecule has 0 amide bonds. The van der Waals surface area contributed by atoms with Crippen molar-refractivity contribution in [2.24, 2.45) is 11.8 Å². The number of rotatable bonds is 3. The molecule has 102 valence electrons. The van der Waals surface area contributed by atoms with Crippen LogP contribution < -0.4 is 0 Å². The van der Waals surface area contributed by atoms with Gasteiger partial charge in [-0.2, -0.15) is 0 Å². The summed E-state index contributed by atoms with van der Waals surface area (Å²) >= 11 is 2.57. The molecule has 0 N–H and O–H groups in total. The first-order valence-electron chi connectivity index (χ1n) is 7.39. The molecule has 0 saturated carbocycles. The van der Waals surface area contributed by atoms with Crippen LogP contribution in [0.1, 0.15) is 24.8 Å². The number of fused-ring (bicyclic) bond motifs is 1. The minimum Gasteiger partial charge on any atom is -0.296 e. The average Bonchev–Trinajstić information content (AvgIpc) is 2.49. The number of hydrogen-bond donors (Lipinski definition) is 0. The zero-order valence-electron chi connectivity index (χ0n) is 11.3. The molecule has 1 aromatic rings. The predicted octanol–water partition coefficient (Wildman–Crippen LogP) is 4.28. The van der Waals surface area contributed by atoms with E-state index in [1.807, 2.05) is 0 Å². The summed E-state index contributed by atoms with van der Waals surface area (Å²) in [6, 6.07) is 11.7. The molecule has 1 aliphatic carbocycles. The molecule has 0 bridgehead atoms. The zero-order valence-corrected chi connectivity index (χ0v) is 13.5. The molecular formula is C17H22IN. The molecule has 0 unspecified atom stereocenters. The van der Waals surface area contributed by atoms with Crippen LogP contribution in [0, 0.1) is 11.8 Å². The Kier molecular flexibility index (Phi) is 4.59. The molecule has 1 fully saturated rings. The van der Waals surface area contributed by atoms with E-state index in [4.69, 9.17) is 0 Å². The summed E-state index contributed by atoms with van der Waals surface area (Å²) in [5.41, 5.74) is 1.46.